The first kappa shape index (κ1) is 19.2. The fraction of sp³-hybridized carbons (Fsp3) is 1.00. The van der Waals surface area contributed by atoms with Crippen LogP contribution in [0.3, 0.4) is 0 Å². The molecule has 0 radical (unpaired) electrons. The average Bonchev–Trinajstić information content (AvgIpc) is 2.98. The molecule has 2 bridgehead atoms. The van der Waals surface area contributed by atoms with Crippen LogP contribution < -0.4 is 5.90 Å². The van der Waals surface area contributed by atoms with Gasteiger partial charge in [-0.25, -0.2) is 0 Å². The standard InChI is InChI=1S/C7H12.2C2H6.CH5NO3S/c1-2-7-4-3-6(1)5-7;2*1-2;1-6(3,4)5-2/h6-7H,1-5H2;2*1-2H3;2H2,1H3. The van der Waals surface area contributed by atoms with Crippen molar-refractivity contribution < 1.29 is 12.7 Å². The molecule has 4 nitrogen and oxygen atoms in total. The molecule has 5 heteroatoms. The number of nitrogens with two attached hydrogens (primary N) is 1. The van der Waals surface area contributed by atoms with Crippen molar-refractivity contribution in [1.82, 2.24) is 0 Å². The van der Waals surface area contributed by atoms with E-state index in [1.165, 1.54) is 11.8 Å². The molecule has 0 aromatic heterocycles. The predicted molar refractivity (Wildman–Crippen MR) is 72.9 cm³/mol. The first-order valence-electron chi connectivity index (χ1n) is 6.59. The predicted octanol–water partition coefficient (Wildman–Crippen LogP) is 3.09. The second kappa shape index (κ2) is 11.0. The molecule has 0 saturated heterocycles. The van der Waals surface area contributed by atoms with Crippen molar-refractivity contribution in [1.29, 1.82) is 0 Å². The Kier molecular flexibility index (Phi) is 12.4. The van der Waals surface area contributed by atoms with Crippen molar-refractivity contribution in [2.24, 2.45) is 17.7 Å². The Labute approximate surface area is 107 Å². The van der Waals surface area contributed by atoms with E-state index in [1.54, 1.807) is 32.1 Å². The molecule has 2 aliphatic carbocycles. The second-order valence-corrected chi connectivity index (χ2v) is 5.52. The van der Waals surface area contributed by atoms with Gasteiger partial charge in [-0.3, -0.25) is 0 Å². The van der Waals surface area contributed by atoms with Crippen molar-refractivity contribution in [3.05, 3.63) is 0 Å². The lowest BCUT2D eigenvalue weighted by atomic mass is 10.0. The molecule has 0 heterocycles. The number of hydrogen-bond acceptors (Lipinski definition) is 4. The summed E-state index contributed by atoms with van der Waals surface area (Å²) in [5.74, 6) is 6.56. The van der Waals surface area contributed by atoms with E-state index < -0.39 is 10.1 Å². The minimum atomic E-state index is -3.38. The minimum Gasteiger partial charge on any atom is -0.198 e. The Morgan fingerprint density at radius 1 is 0.941 bits per heavy atom. The zero-order valence-corrected chi connectivity index (χ0v) is 12.7. The summed E-state index contributed by atoms with van der Waals surface area (Å²) in [5, 5.41) is 0. The zero-order valence-electron chi connectivity index (χ0n) is 11.9. The molecule has 0 spiro atoms. The number of rotatable bonds is 1. The van der Waals surface area contributed by atoms with Gasteiger partial charge in [-0.15, -0.1) is 0 Å². The number of fused-ring (bicyclic) bond motifs is 2. The van der Waals surface area contributed by atoms with Crippen LogP contribution in [-0.2, 0) is 14.4 Å². The maximum absolute atomic E-state index is 9.65. The summed E-state index contributed by atoms with van der Waals surface area (Å²) in [5.41, 5.74) is 0. The van der Waals surface area contributed by atoms with Crippen LogP contribution in [0.5, 0.6) is 0 Å². The van der Waals surface area contributed by atoms with E-state index in [1.807, 2.05) is 27.7 Å². The topological polar surface area (TPSA) is 69.4 Å². The van der Waals surface area contributed by atoms with E-state index >= 15 is 0 Å². The highest BCUT2D eigenvalue weighted by Crippen LogP contribution is 2.43. The molecule has 2 N–H and O–H groups in total. The third kappa shape index (κ3) is 10.7. The summed E-state index contributed by atoms with van der Waals surface area (Å²) in [7, 11) is -3.38. The Morgan fingerprint density at radius 3 is 1.24 bits per heavy atom. The molecule has 106 valence electrons. The van der Waals surface area contributed by atoms with Crippen LogP contribution in [0.25, 0.3) is 0 Å². The first-order valence-corrected chi connectivity index (χ1v) is 8.41. The molecule has 0 unspecified atom stereocenters. The van der Waals surface area contributed by atoms with Gasteiger partial charge >= 0.3 is 0 Å². The summed E-state index contributed by atoms with van der Waals surface area (Å²) in [6.07, 6.45) is 8.69. The van der Waals surface area contributed by atoms with Crippen molar-refractivity contribution in [3.8, 4) is 0 Å². The molecule has 2 aliphatic rings. The first-order chi connectivity index (χ1) is 8.01. The van der Waals surface area contributed by atoms with E-state index in [2.05, 4.69) is 10.2 Å². The average molecular weight is 267 g/mol. The molecular weight excluding hydrogens is 238 g/mol. The van der Waals surface area contributed by atoms with E-state index in [4.69, 9.17) is 0 Å². The fourth-order valence-corrected chi connectivity index (χ4v) is 2.17. The Balaban J connectivity index is 0. The van der Waals surface area contributed by atoms with E-state index in [0.717, 1.165) is 6.26 Å². The van der Waals surface area contributed by atoms with Gasteiger partial charge in [-0.05, 0) is 18.3 Å². The Bertz CT molecular complexity index is 234. The van der Waals surface area contributed by atoms with Gasteiger partial charge in [0.25, 0.3) is 10.1 Å². The summed E-state index contributed by atoms with van der Waals surface area (Å²) in [4.78, 5) is 0. The molecule has 2 fully saturated rings. The van der Waals surface area contributed by atoms with Gasteiger partial charge in [0.15, 0.2) is 0 Å². The maximum Gasteiger partial charge on any atom is 0.280 e. The maximum atomic E-state index is 9.65. The van der Waals surface area contributed by atoms with Gasteiger partial charge in [0.1, 0.15) is 0 Å². The SMILES string of the molecule is C1CC2CCC1C2.CC.CC.CS(=O)(=O)ON. The van der Waals surface area contributed by atoms with Crippen molar-refractivity contribution in [2.45, 2.75) is 59.8 Å². The highest BCUT2D eigenvalue weighted by atomic mass is 32.2. The van der Waals surface area contributed by atoms with Crippen LogP contribution in [0, 0.1) is 11.8 Å². The normalized spacial score (nSPS) is 24.6. The lowest BCUT2D eigenvalue weighted by molar-refractivity contribution is 0.337. The fourth-order valence-electron chi connectivity index (χ4n) is 2.17. The van der Waals surface area contributed by atoms with Crippen LogP contribution in [0.4, 0.5) is 0 Å². The van der Waals surface area contributed by atoms with Gasteiger partial charge in [0, 0.05) is 0 Å². The van der Waals surface area contributed by atoms with E-state index in [9.17, 15) is 8.42 Å². The zero-order chi connectivity index (χ0) is 13.9. The largest absolute Gasteiger partial charge is 0.280 e. The van der Waals surface area contributed by atoms with Crippen molar-refractivity contribution >= 4 is 10.1 Å². The van der Waals surface area contributed by atoms with E-state index in [0.29, 0.717) is 0 Å². The Hall–Kier alpha value is -0.130. The third-order valence-electron chi connectivity index (χ3n) is 2.81. The molecule has 0 aromatic carbocycles. The van der Waals surface area contributed by atoms with Crippen LogP contribution in [0.2, 0.25) is 0 Å². The van der Waals surface area contributed by atoms with Gasteiger partial charge in [0.05, 0.1) is 6.26 Å². The van der Waals surface area contributed by atoms with E-state index in [-0.39, 0.29) is 0 Å². The summed E-state index contributed by atoms with van der Waals surface area (Å²) >= 11 is 0. The van der Waals surface area contributed by atoms with Crippen molar-refractivity contribution in [3.63, 3.8) is 0 Å². The van der Waals surface area contributed by atoms with Gasteiger partial charge in [-0.2, -0.15) is 18.6 Å². The lowest BCUT2D eigenvalue weighted by Crippen LogP contribution is -2.07. The molecule has 0 aliphatic heterocycles. The third-order valence-corrected chi connectivity index (χ3v) is 3.16. The van der Waals surface area contributed by atoms with Gasteiger partial charge in [-0.1, -0.05) is 53.4 Å². The number of hydrogen-bond donors (Lipinski definition) is 1. The van der Waals surface area contributed by atoms with Crippen LogP contribution >= 0.6 is 0 Å². The monoisotopic (exact) mass is 267 g/mol. The summed E-state index contributed by atoms with van der Waals surface area (Å²) < 4.78 is 22.7. The quantitative estimate of drug-likeness (QED) is 0.741. The molecule has 2 saturated carbocycles. The molecule has 0 aromatic rings. The van der Waals surface area contributed by atoms with Crippen LogP contribution in [0.15, 0.2) is 0 Å². The summed E-state index contributed by atoms with van der Waals surface area (Å²) in [6, 6.07) is 0. The Morgan fingerprint density at radius 2 is 1.18 bits per heavy atom. The van der Waals surface area contributed by atoms with Crippen molar-refractivity contribution in [2.75, 3.05) is 6.26 Å². The molecule has 0 amide bonds. The second-order valence-electron chi connectivity index (χ2n) is 3.92. The molecule has 17 heavy (non-hydrogen) atoms. The minimum absolute atomic E-state index is 0.868. The molecule has 0 atom stereocenters. The van der Waals surface area contributed by atoms with Gasteiger partial charge in [0.2, 0.25) is 0 Å². The van der Waals surface area contributed by atoms with Crippen LogP contribution in [0.1, 0.15) is 59.8 Å². The van der Waals surface area contributed by atoms with Crippen LogP contribution in [-0.4, -0.2) is 14.7 Å². The smallest absolute Gasteiger partial charge is 0.198 e. The van der Waals surface area contributed by atoms with Gasteiger partial charge < -0.3 is 0 Å². The lowest BCUT2D eigenvalue weighted by Gasteiger charge is -2.05. The molecular formula is C12H29NO3S. The highest BCUT2D eigenvalue weighted by molar-refractivity contribution is 7.85. The summed E-state index contributed by atoms with van der Waals surface area (Å²) in [6.45, 7) is 8.00. The molecule has 2 rings (SSSR count). The highest BCUT2D eigenvalue weighted by Gasteiger charge is 2.30.